The Kier molecular flexibility index (Phi) is 6.92. The highest BCUT2D eigenvalue weighted by atomic mass is 16.6. The molecular formula is C26H30N8O2. The fraction of sp³-hybridized carbons (Fsp3) is 0.346. The number of rotatable bonds is 4. The lowest BCUT2D eigenvalue weighted by Crippen LogP contribution is -2.50. The Morgan fingerprint density at radius 1 is 1.22 bits per heavy atom. The Balaban J connectivity index is 1.59. The van der Waals surface area contributed by atoms with Crippen LogP contribution in [-0.2, 0) is 4.74 Å². The zero-order chi connectivity index (χ0) is 25.9. The molecule has 3 aromatic rings. The van der Waals surface area contributed by atoms with Crippen LogP contribution in [0.25, 0.3) is 22.2 Å². The van der Waals surface area contributed by atoms with Gasteiger partial charge in [0.15, 0.2) is 0 Å². The maximum Gasteiger partial charge on any atom is 0.410 e. The van der Waals surface area contributed by atoms with E-state index >= 15 is 0 Å². The van der Waals surface area contributed by atoms with Crippen LogP contribution in [0.3, 0.4) is 0 Å². The van der Waals surface area contributed by atoms with E-state index in [1.165, 1.54) is 6.20 Å². The monoisotopic (exact) mass is 486 g/mol. The summed E-state index contributed by atoms with van der Waals surface area (Å²) < 4.78 is 7.16. The van der Waals surface area contributed by atoms with Crippen LogP contribution >= 0.6 is 0 Å². The number of piperazine rings is 1. The zero-order valence-corrected chi connectivity index (χ0v) is 21.0. The first-order valence-electron chi connectivity index (χ1n) is 11.7. The van der Waals surface area contributed by atoms with Crippen molar-refractivity contribution < 1.29 is 9.53 Å². The molecule has 4 heterocycles. The summed E-state index contributed by atoms with van der Waals surface area (Å²) in [4.78, 5) is 25.0. The first-order chi connectivity index (χ1) is 17.2. The highest BCUT2D eigenvalue weighted by Crippen LogP contribution is 2.30. The van der Waals surface area contributed by atoms with Gasteiger partial charge in [0.2, 0.25) is 0 Å². The molecule has 1 amide bonds. The summed E-state index contributed by atoms with van der Waals surface area (Å²) in [5.74, 6) is 0.824. The van der Waals surface area contributed by atoms with E-state index in [-0.39, 0.29) is 6.09 Å². The number of nitriles is 1. The van der Waals surface area contributed by atoms with Gasteiger partial charge < -0.3 is 20.3 Å². The number of hydrogen-bond donors (Lipinski definition) is 1. The molecule has 1 aliphatic heterocycles. The van der Waals surface area contributed by atoms with Crippen LogP contribution in [0.4, 0.5) is 10.6 Å². The summed E-state index contributed by atoms with van der Waals surface area (Å²) in [5, 5.41) is 14.0. The molecule has 3 aromatic heterocycles. The van der Waals surface area contributed by atoms with E-state index in [9.17, 15) is 10.1 Å². The molecule has 0 bridgehead atoms. The van der Waals surface area contributed by atoms with Gasteiger partial charge in [-0.15, -0.1) is 0 Å². The topological polar surface area (TPSA) is 125 Å². The van der Waals surface area contributed by atoms with Crippen molar-refractivity contribution in [2.24, 2.45) is 10.7 Å². The number of allylic oxidation sites excluding steroid dienone is 1. The highest BCUT2D eigenvalue weighted by molar-refractivity contribution is 6.10. The molecule has 0 radical (unpaired) electrons. The average Bonchev–Trinajstić information content (AvgIpc) is 3.29. The Hall–Kier alpha value is -4.39. The number of aromatic nitrogens is 3. The Morgan fingerprint density at radius 2 is 1.97 bits per heavy atom. The highest BCUT2D eigenvalue weighted by Gasteiger charge is 2.26. The van der Waals surface area contributed by atoms with Crippen molar-refractivity contribution in [2.45, 2.75) is 26.4 Å². The number of ether oxygens (including phenoxy) is 1. The molecule has 0 spiro atoms. The van der Waals surface area contributed by atoms with Crippen molar-refractivity contribution in [3.05, 3.63) is 54.1 Å². The number of carbonyl (C=O) groups excluding carboxylic acids is 1. The van der Waals surface area contributed by atoms with Gasteiger partial charge in [0, 0.05) is 80.3 Å². The molecule has 0 aliphatic carbocycles. The molecule has 0 aromatic carbocycles. The van der Waals surface area contributed by atoms with Gasteiger partial charge in [-0.3, -0.25) is 4.99 Å². The summed E-state index contributed by atoms with van der Waals surface area (Å²) in [6, 6.07) is 8.12. The Morgan fingerprint density at radius 3 is 2.56 bits per heavy atom. The lowest BCUT2D eigenvalue weighted by atomic mass is 10.0. The standard InChI is InChI=1S/C26H30N8O2/c1-26(2,3)36-25(35)33-9-7-32(8-10-33)23-6-5-18(15-30-23)22-11-19(20(12-27)14-29-4)17-34-24(22)21(13-28)16-31-34/h5-6,11-12,14-17H,7-10,27H2,1-4H3. The molecule has 0 unspecified atom stereocenters. The van der Waals surface area contributed by atoms with Crippen molar-refractivity contribution >= 4 is 29.2 Å². The van der Waals surface area contributed by atoms with E-state index in [1.54, 1.807) is 35.1 Å². The lowest BCUT2D eigenvalue weighted by molar-refractivity contribution is 0.0240. The molecule has 4 rings (SSSR count). The molecule has 186 valence electrons. The summed E-state index contributed by atoms with van der Waals surface area (Å²) in [6.45, 7) is 8.05. The summed E-state index contributed by atoms with van der Waals surface area (Å²) in [5.41, 5.74) is 9.71. The number of anilines is 1. The van der Waals surface area contributed by atoms with E-state index in [2.05, 4.69) is 21.1 Å². The van der Waals surface area contributed by atoms with Crippen LogP contribution in [0.1, 0.15) is 31.9 Å². The predicted molar refractivity (Wildman–Crippen MR) is 140 cm³/mol. The van der Waals surface area contributed by atoms with Gasteiger partial charge in [-0.1, -0.05) is 0 Å². The summed E-state index contributed by atoms with van der Waals surface area (Å²) in [6.07, 6.45) is 8.05. The van der Waals surface area contributed by atoms with Crippen molar-refractivity contribution in [1.82, 2.24) is 19.5 Å². The SMILES string of the molecule is CN=CC(=CN)c1cc(-c2ccc(N3CCN(C(=O)OC(C)(C)C)CC3)nc2)c2c(C#N)cnn2c1. The third-order valence-corrected chi connectivity index (χ3v) is 5.83. The van der Waals surface area contributed by atoms with Gasteiger partial charge in [-0.05, 0) is 39.0 Å². The third kappa shape index (κ3) is 5.15. The fourth-order valence-corrected chi connectivity index (χ4v) is 4.11. The van der Waals surface area contributed by atoms with E-state index in [1.807, 2.05) is 45.2 Å². The molecule has 10 heteroatoms. The van der Waals surface area contributed by atoms with Gasteiger partial charge in [0.05, 0.1) is 17.3 Å². The molecule has 0 atom stereocenters. The number of pyridine rings is 2. The minimum atomic E-state index is -0.515. The maximum atomic E-state index is 12.4. The third-order valence-electron chi connectivity index (χ3n) is 5.83. The molecule has 2 N–H and O–H groups in total. The van der Waals surface area contributed by atoms with E-state index in [0.29, 0.717) is 37.3 Å². The molecular weight excluding hydrogens is 456 g/mol. The number of aliphatic imine (C=N–C) groups is 1. The van der Waals surface area contributed by atoms with Crippen molar-refractivity contribution in [3.63, 3.8) is 0 Å². The van der Waals surface area contributed by atoms with Gasteiger partial charge in [0.25, 0.3) is 0 Å². The second kappa shape index (κ2) is 10.1. The number of nitrogens with zero attached hydrogens (tertiary/aromatic N) is 7. The Labute approximate surface area is 210 Å². The second-order valence-corrected chi connectivity index (χ2v) is 9.47. The molecule has 10 nitrogen and oxygen atoms in total. The summed E-state index contributed by atoms with van der Waals surface area (Å²) >= 11 is 0. The molecule has 1 fully saturated rings. The van der Waals surface area contributed by atoms with E-state index in [0.717, 1.165) is 28.1 Å². The molecule has 1 saturated heterocycles. The van der Waals surface area contributed by atoms with E-state index in [4.69, 9.17) is 15.5 Å². The van der Waals surface area contributed by atoms with Gasteiger partial charge in [0.1, 0.15) is 17.5 Å². The average molecular weight is 487 g/mol. The largest absolute Gasteiger partial charge is 0.444 e. The number of amides is 1. The second-order valence-electron chi connectivity index (χ2n) is 9.47. The van der Waals surface area contributed by atoms with Gasteiger partial charge >= 0.3 is 6.09 Å². The van der Waals surface area contributed by atoms with Crippen LogP contribution < -0.4 is 10.6 Å². The van der Waals surface area contributed by atoms with Crippen LogP contribution in [-0.4, -0.2) is 70.6 Å². The minimum absolute atomic E-state index is 0.289. The van der Waals surface area contributed by atoms with E-state index < -0.39 is 5.60 Å². The lowest BCUT2D eigenvalue weighted by Gasteiger charge is -2.36. The summed E-state index contributed by atoms with van der Waals surface area (Å²) in [7, 11) is 1.68. The molecule has 0 saturated carbocycles. The van der Waals surface area contributed by atoms with Crippen LogP contribution in [0.5, 0.6) is 0 Å². The van der Waals surface area contributed by atoms with Crippen LogP contribution in [0, 0.1) is 11.3 Å². The van der Waals surface area contributed by atoms with Gasteiger partial charge in [-0.2, -0.15) is 10.4 Å². The zero-order valence-electron chi connectivity index (χ0n) is 21.0. The first-order valence-corrected chi connectivity index (χ1v) is 11.7. The number of carbonyl (C=O) groups is 1. The molecule has 1 aliphatic rings. The van der Waals surface area contributed by atoms with Crippen molar-refractivity contribution in [1.29, 1.82) is 5.26 Å². The number of fused-ring (bicyclic) bond motifs is 1. The van der Waals surface area contributed by atoms with Crippen molar-refractivity contribution in [2.75, 3.05) is 38.1 Å². The Bertz CT molecular complexity index is 1350. The van der Waals surface area contributed by atoms with Gasteiger partial charge in [-0.25, -0.2) is 14.3 Å². The normalized spacial score (nSPS) is 14.9. The fourth-order valence-electron chi connectivity index (χ4n) is 4.11. The quantitative estimate of drug-likeness (QED) is 0.561. The minimum Gasteiger partial charge on any atom is -0.444 e. The molecule has 36 heavy (non-hydrogen) atoms. The maximum absolute atomic E-state index is 12.4. The predicted octanol–water partition coefficient (Wildman–Crippen LogP) is 3.33. The number of nitrogens with two attached hydrogens (primary N) is 1. The first kappa shape index (κ1) is 24.7. The van der Waals surface area contributed by atoms with Crippen molar-refractivity contribution in [3.8, 4) is 17.2 Å². The van der Waals surface area contributed by atoms with Crippen LogP contribution in [0.2, 0.25) is 0 Å². The van der Waals surface area contributed by atoms with Crippen LogP contribution in [0.15, 0.2) is 48.0 Å². The number of hydrogen-bond acceptors (Lipinski definition) is 8. The smallest absolute Gasteiger partial charge is 0.410 e.